The smallest absolute Gasteiger partial charge is 0.368 e. The number of carbonyl (C=O) groups excluding carboxylic acids is 1. The highest BCUT2D eigenvalue weighted by atomic mass is 16.4. The van der Waals surface area contributed by atoms with E-state index in [1.165, 1.54) is 0 Å². The summed E-state index contributed by atoms with van der Waals surface area (Å²) in [5.41, 5.74) is 0. The Hall–Kier alpha value is -0.900. The van der Waals surface area contributed by atoms with Crippen LogP contribution in [0.2, 0.25) is 0 Å². The summed E-state index contributed by atoms with van der Waals surface area (Å²) in [6, 6.07) is 0. The lowest BCUT2D eigenvalue weighted by molar-refractivity contribution is -0.143. The zero-order valence-corrected chi connectivity index (χ0v) is 3.79. The Morgan fingerprint density at radius 1 is 1.57 bits per heavy atom. The van der Waals surface area contributed by atoms with Crippen LogP contribution in [0, 0.1) is 0 Å². The summed E-state index contributed by atoms with van der Waals surface area (Å²) < 4.78 is 0. The monoisotopic (exact) mass is 106 g/mol. The molecule has 0 spiro atoms. The number of aliphatic hydroxyl groups excluding tert-OH is 1. The predicted molar refractivity (Wildman–Crippen MR) is 21.8 cm³/mol. The molecule has 0 aromatic rings. The molecule has 42 valence electrons. The van der Waals surface area contributed by atoms with Gasteiger partial charge in [0.1, 0.15) is 0 Å². The maximum atomic E-state index is 9.00. The normalized spacial score (nSPS) is 5.43. The molecule has 0 atom stereocenters. The third kappa shape index (κ3) is 40.5. The second kappa shape index (κ2) is 8.92. The molecule has 0 unspecified atom stereocenters. The van der Waals surface area contributed by atoms with Gasteiger partial charge in [0.05, 0.1) is 0 Å². The Bertz CT molecular complexity index is 58.0. The molecule has 0 heterocycles. The fourth-order valence-corrected chi connectivity index (χ4v) is 0. The van der Waals surface area contributed by atoms with Crippen LogP contribution in [0.5, 0.6) is 0 Å². The average Bonchev–Trinajstić information content (AvgIpc) is 1.73. The second-order valence-corrected chi connectivity index (χ2v) is 0.456. The van der Waals surface area contributed by atoms with Gasteiger partial charge in [-0.25, -0.2) is 4.79 Å². The van der Waals surface area contributed by atoms with E-state index >= 15 is 0 Å². The number of carboxylic acids is 1. The number of aliphatic hydroxyl groups is 1. The Morgan fingerprint density at radius 3 is 1.71 bits per heavy atom. The first kappa shape index (κ1) is 9.44. The molecule has 0 aromatic heterocycles. The van der Waals surface area contributed by atoms with Crippen LogP contribution < -0.4 is 0 Å². The van der Waals surface area contributed by atoms with Crippen molar-refractivity contribution in [3.8, 4) is 0 Å². The van der Waals surface area contributed by atoms with Crippen molar-refractivity contribution in [2.75, 3.05) is 7.11 Å². The van der Waals surface area contributed by atoms with Crippen molar-refractivity contribution in [3.05, 3.63) is 0 Å². The number of hydrogen-bond donors (Lipinski definition) is 2. The highest BCUT2D eigenvalue weighted by molar-refractivity contribution is 6.19. The van der Waals surface area contributed by atoms with Gasteiger partial charge in [0.2, 0.25) is 6.29 Å². The van der Waals surface area contributed by atoms with Crippen LogP contribution in [0.4, 0.5) is 0 Å². The van der Waals surface area contributed by atoms with Gasteiger partial charge in [-0.15, -0.1) is 0 Å². The Balaban J connectivity index is 0. The summed E-state index contributed by atoms with van der Waals surface area (Å²) in [7, 11) is 1.00. The molecule has 0 fully saturated rings. The maximum absolute atomic E-state index is 9.00. The van der Waals surface area contributed by atoms with Gasteiger partial charge in [-0.3, -0.25) is 4.79 Å². The van der Waals surface area contributed by atoms with Gasteiger partial charge in [-0.05, 0) is 0 Å². The molecule has 7 heavy (non-hydrogen) atoms. The van der Waals surface area contributed by atoms with E-state index in [-0.39, 0.29) is 6.29 Å². The standard InChI is InChI=1S/C2H2O3.CH4O/c3-1-2(4)5;1-2/h1H,(H,4,5);2H,1H3. The SMILES string of the molecule is CO.O=CC(=O)O. The third-order valence-electron chi connectivity index (χ3n) is 0.101. The number of carbonyl (C=O) groups is 2. The molecule has 0 amide bonds. The van der Waals surface area contributed by atoms with Gasteiger partial charge < -0.3 is 10.2 Å². The highest BCUT2D eigenvalue weighted by Gasteiger charge is 1.80. The average molecular weight is 106 g/mol. The van der Waals surface area contributed by atoms with Crippen molar-refractivity contribution in [1.82, 2.24) is 0 Å². The molecule has 4 heteroatoms. The first-order valence-electron chi connectivity index (χ1n) is 1.40. The first-order chi connectivity index (χ1) is 3.27. The van der Waals surface area contributed by atoms with Crippen LogP contribution in [-0.4, -0.2) is 29.6 Å². The highest BCUT2D eigenvalue weighted by Crippen LogP contribution is 1.39. The molecular weight excluding hydrogens is 100 g/mol. The zero-order chi connectivity index (χ0) is 6.28. The summed E-state index contributed by atoms with van der Waals surface area (Å²) in [6.07, 6.45) is -0.167. The zero-order valence-electron chi connectivity index (χ0n) is 3.79. The molecular formula is C3H6O4. The maximum Gasteiger partial charge on any atom is 0.368 e. The van der Waals surface area contributed by atoms with Crippen molar-refractivity contribution in [1.29, 1.82) is 0 Å². The van der Waals surface area contributed by atoms with Crippen molar-refractivity contribution in [2.45, 2.75) is 0 Å². The van der Waals surface area contributed by atoms with E-state index in [0.29, 0.717) is 0 Å². The van der Waals surface area contributed by atoms with Crippen LogP contribution in [0.25, 0.3) is 0 Å². The molecule has 0 saturated heterocycles. The Kier molecular flexibility index (Phi) is 12.0. The number of hydrogen-bond acceptors (Lipinski definition) is 3. The van der Waals surface area contributed by atoms with Crippen LogP contribution in [0.15, 0.2) is 0 Å². The summed E-state index contributed by atoms with van der Waals surface area (Å²) in [4.78, 5) is 17.9. The van der Waals surface area contributed by atoms with E-state index in [2.05, 4.69) is 0 Å². The van der Waals surface area contributed by atoms with E-state index in [1.807, 2.05) is 0 Å². The van der Waals surface area contributed by atoms with Gasteiger partial charge in [0.15, 0.2) is 0 Å². The molecule has 0 aromatic carbocycles. The van der Waals surface area contributed by atoms with E-state index in [0.717, 1.165) is 7.11 Å². The van der Waals surface area contributed by atoms with Crippen molar-refractivity contribution in [3.63, 3.8) is 0 Å². The molecule has 0 bridgehead atoms. The minimum Gasteiger partial charge on any atom is -0.476 e. The van der Waals surface area contributed by atoms with Crippen LogP contribution in [-0.2, 0) is 9.59 Å². The lowest BCUT2D eigenvalue weighted by Crippen LogP contribution is -1.91. The number of carboxylic acid groups (broad SMARTS) is 1. The fraction of sp³-hybridized carbons (Fsp3) is 0.333. The van der Waals surface area contributed by atoms with Gasteiger partial charge in [0, 0.05) is 7.11 Å². The van der Waals surface area contributed by atoms with Gasteiger partial charge in [-0.2, -0.15) is 0 Å². The lowest BCUT2D eigenvalue weighted by Gasteiger charge is -1.59. The van der Waals surface area contributed by atoms with Crippen molar-refractivity contribution in [2.24, 2.45) is 0 Å². The van der Waals surface area contributed by atoms with Crippen molar-refractivity contribution < 1.29 is 19.8 Å². The van der Waals surface area contributed by atoms with Crippen LogP contribution in [0.3, 0.4) is 0 Å². The molecule has 0 aliphatic carbocycles. The number of aldehydes is 1. The third-order valence-corrected chi connectivity index (χ3v) is 0.101. The molecule has 0 rings (SSSR count). The predicted octanol–water partition coefficient (Wildman–Crippen LogP) is -1.12. The second-order valence-electron chi connectivity index (χ2n) is 0.456. The van der Waals surface area contributed by atoms with E-state index < -0.39 is 5.97 Å². The van der Waals surface area contributed by atoms with Crippen molar-refractivity contribution >= 4 is 12.3 Å². The summed E-state index contributed by atoms with van der Waals surface area (Å²) in [6.45, 7) is 0. The molecule has 0 aliphatic rings. The lowest BCUT2D eigenvalue weighted by atomic mass is 10.8. The molecule has 2 N–H and O–H groups in total. The molecule has 0 aliphatic heterocycles. The largest absolute Gasteiger partial charge is 0.476 e. The van der Waals surface area contributed by atoms with Gasteiger partial charge >= 0.3 is 5.97 Å². The minimum atomic E-state index is -1.43. The first-order valence-corrected chi connectivity index (χ1v) is 1.40. The van der Waals surface area contributed by atoms with E-state index in [4.69, 9.17) is 19.8 Å². The molecule has 0 radical (unpaired) electrons. The quantitative estimate of drug-likeness (QED) is 0.328. The Labute approximate surface area is 40.4 Å². The van der Waals surface area contributed by atoms with Crippen LogP contribution in [0.1, 0.15) is 0 Å². The Morgan fingerprint density at radius 2 is 1.71 bits per heavy atom. The number of aliphatic carboxylic acids is 1. The van der Waals surface area contributed by atoms with Crippen LogP contribution >= 0.6 is 0 Å². The molecule has 4 nitrogen and oxygen atoms in total. The van der Waals surface area contributed by atoms with E-state index in [1.54, 1.807) is 0 Å². The summed E-state index contributed by atoms with van der Waals surface area (Å²) >= 11 is 0. The topological polar surface area (TPSA) is 74.6 Å². The van der Waals surface area contributed by atoms with E-state index in [9.17, 15) is 0 Å². The number of rotatable bonds is 1. The van der Waals surface area contributed by atoms with Gasteiger partial charge in [-0.1, -0.05) is 0 Å². The summed E-state index contributed by atoms with van der Waals surface area (Å²) in [5.74, 6) is -1.43. The van der Waals surface area contributed by atoms with Gasteiger partial charge in [0.25, 0.3) is 0 Å². The fourth-order valence-electron chi connectivity index (χ4n) is 0. The summed E-state index contributed by atoms with van der Waals surface area (Å²) in [5, 5.41) is 14.4. The minimum absolute atomic E-state index is 0.167. The molecule has 0 saturated carbocycles.